The maximum Gasteiger partial charge on any atom is 0.252 e. The van der Waals surface area contributed by atoms with Crippen molar-refractivity contribution in [3.05, 3.63) is 11.7 Å². The summed E-state index contributed by atoms with van der Waals surface area (Å²) in [7, 11) is 1.63. The summed E-state index contributed by atoms with van der Waals surface area (Å²) in [4.78, 5) is 4.21. The van der Waals surface area contributed by atoms with E-state index in [1.807, 2.05) is 13.8 Å². The maximum atomic E-state index is 5.30. The lowest BCUT2D eigenvalue weighted by Crippen LogP contribution is -2.11. The van der Waals surface area contributed by atoms with Gasteiger partial charge in [-0.1, -0.05) is 19.0 Å². The van der Waals surface area contributed by atoms with Crippen molar-refractivity contribution in [2.75, 3.05) is 20.3 Å². The van der Waals surface area contributed by atoms with Gasteiger partial charge in [0.1, 0.15) is 12.7 Å². The Kier molecular flexibility index (Phi) is 5.37. The monoisotopic (exact) mass is 229 g/mol. The molecule has 0 spiro atoms. The molecule has 0 bridgehead atoms. The highest BCUT2D eigenvalue weighted by Crippen LogP contribution is 2.22. The first kappa shape index (κ1) is 13.1. The van der Waals surface area contributed by atoms with Gasteiger partial charge in [0.25, 0.3) is 5.89 Å². The lowest BCUT2D eigenvalue weighted by Gasteiger charge is -2.14. The quantitative estimate of drug-likeness (QED) is 0.699. The topological polar surface area (TPSA) is 83.4 Å². The van der Waals surface area contributed by atoms with Crippen molar-refractivity contribution in [2.24, 2.45) is 11.7 Å². The number of aromatic nitrogens is 2. The Balaban J connectivity index is 2.55. The molecule has 6 nitrogen and oxygen atoms in total. The molecular weight excluding hydrogens is 210 g/mol. The summed E-state index contributed by atoms with van der Waals surface area (Å²) < 4.78 is 15.5. The molecule has 0 saturated carbocycles. The van der Waals surface area contributed by atoms with Crippen molar-refractivity contribution in [3.8, 4) is 0 Å². The molecule has 1 atom stereocenters. The van der Waals surface area contributed by atoms with Crippen molar-refractivity contribution in [2.45, 2.75) is 26.6 Å². The van der Waals surface area contributed by atoms with Crippen LogP contribution in [0, 0.1) is 5.92 Å². The molecule has 0 aliphatic carbocycles. The molecule has 2 N–H and O–H groups in total. The molecule has 0 amide bonds. The van der Waals surface area contributed by atoms with E-state index in [1.165, 1.54) is 0 Å². The van der Waals surface area contributed by atoms with E-state index in [0.29, 0.717) is 37.4 Å². The molecule has 0 aromatic carbocycles. The van der Waals surface area contributed by atoms with Gasteiger partial charge in [0.15, 0.2) is 0 Å². The molecule has 0 aliphatic heterocycles. The Morgan fingerprint density at radius 2 is 2.19 bits per heavy atom. The fourth-order valence-electron chi connectivity index (χ4n) is 1.36. The lowest BCUT2D eigenvalue weighted by atomic mass is 10.1. The van der Waals surface area contributed by atoms with E-state index in [9.17, 15) is 0 Å². The third-order valence-electron chi connectivity index (χ3n) is 2.09. The van der Waals surface area contributed by atoms with E-state index in [1.54, 1.807) is 7.11 Å². The zero-order valence-electron chi connectivity index (χ0n) is 9.97. The molecule has 6 heteroatoms. The van der Waals surface area contributed by atoms with Gasteiger partial charge in [-0.05, 0) is 5.92 Å². The second-order valence-corrected chi connectivity index (χ2v) is 3.79. The van der Waals surface area contributed by atoms with Crippen molar-refractivity contribution in [3.63, 3.8) is 0 Å². The first-order valence-electron chi connectivity index (χ1n) is 5.32. The van der Waals surface area contributed by atoms with Crippen LogP contribution < -0.4 is 5.73 Å². The SMILES string of the molecule is COC(c1noc(COCCN)n1)C(C)C. The second-order valence-electron chi connectivity index (χ2n) is 3.79. The van der Waals surface area contributed by atoms with Crippen LogP contribution in [0.25, 0.3) is 0 Å². The van der Waals surface area contributed by atoms with Crippen molar-refractivity contribution < 1.29 is 14.0 Å². The molecule has 92 valence electrons. The van der Waals surface area contributed by atoms with Gasteiger partial charge in [-0.2, -0.15) is 4.98 Å². The molecular formula is C10H19N3O3. The van der Waals surface area contributed by atoms with Gasteiger partial charge in [-0.3, -0.25) is 0 Å². The van der Waals surface area contributed by atoms with E-state index in [0.717, 1.165) is 0 Å². The first-order chi connectivity index (χ1) is 7.69. The summed E-state index contributed by atoms with van der Waals surface area (Å²) in [6.45, 7) is 5.33. The number of rotatable bonds is 7. The van der Waals surface area contributed by atoms with Gasteiger partial charge >= 0.3 is 0 Å². The second kappa shape index (κ2) is 6.57. The molecule has 0 radical (unpaired) electrons. The third-order valence-corrected chi connectivity index (χ3v) is 2.09. The summed E-state index contributed by atoms with van der Waals surface area (Å²) in [6.07, 6.45) is -0.146. The maximum absolute atomic E-state index is 5.30. The zero-order valence-corrected chi connectivity index (χ0v) is 9.97. The molecule has 1 aromatic heterocycles. The fraction of sp³-hybridized carbons (Fsp3) is 0.800. The normalized spacial score (nSPS) is 13.3. The van der Waals surface area contributed by atoms with Gasteiger partial charge in [-0.15, -0.1) is 0 Å². The first-order valence-corrected chi connectivity index (χ1v) is 5.32. The predicted octanol–water partition coefficient (Wildman–Crippen LogP) is 0.888. The molecule has 1 aromatic rings. The molecule has 0 fully saturated rings. The summed E-state index contributed by atoms with van der Waals surface area (Å²) in [5.41, 5.74) is 5.30. The van der Waals surface area contributed by atoms with Crippen LogP contribution in [0.15, 0.2) is 4.52 Å². The van der Waals surface area contributed by atoms with Crippen LogP contribution in [0.1, 0.15) is 31.7 Å². The van der Waals surface area contributed by atoms with Crippen LogP contribution in [0.5, 0.6) is 0 Å². The van der Waals surface area contributed by atoms with E-state index in [4.69, 9.17) is 19.7 Å². The van der Waals surface area contributed by atoms with Crippen LogP contribution in [0.3, 0.4) is 0 Å². The Morgan fingerprint density at radius 1 is 1.44 bits per heavy atom. The molecule has 1 rings (SSSR count). The van der Waals surface area contributed by atoms with Crippen LogP contribution in [-0.4, -0.2) is 30.4 Å². The summed E-state index contributed by atoms with van der Waals surface area (Å²) in [6, 6.07) is 0. The number of methoxy groups -OCH3 is 1. The van der Waals surface area contributed by atoms with E-state index in [2.05, 4.69) is 10.1 Å². The molecule has 1 unspecified atom stereocenters. The lowest BCUT2D eigenvalue weighted by molar-refractivity contribution is 0.0555. The summed E-state index contributed by atoms with van der Waals surface area (Å²) >= 11 is 0. The van der Waals surface area contributed by atoms with Crippen molar-refractivity contribution >= 4 is 0 Å². The Hall–Kier alpha value is -0.980. The van der Waals surface area contributed by atoms with Gasteiger partial charge in [0.05, 0.1) is 6.61 Å². The number of nitrogens with zero attached hydrogens (tertiary/aromatic N) is 2. The Morgan fingerprint density at radius 3 is 2.75 bits per heavy atom. The van der Waals surface area contributed by atoms with Gasteiger partial charge < -0.3 is 19.7 Å². The van der Waals surface area contributed by atoms with Gasteiger partial charge in [0.2, 0.25) is 5.82 Å². The Labute approximate surface area is 95.1 Å². The minimum absolute atomic E-state index is 0.146. The van der Waals surface area contributed by atoms with Gasteiger partial charge in [0, 0.05) is 13.7 Å². The highest BCUT2D eigenvalue weighted by Gasteiger charge is 2.21. The molecule has 1 heterocycles. The number of ether oxygens (including phenoxy) is 2. The van der Waals surface area contributed by atoms with Crippen LogP contribution in [0.2, 0.25) is 0 Å². The standard InChI is InChI=1S/C10H19N3O3/c1-7(2)9(14-3)10-12-8(16-13-10)6-15-5-4-11/h7,9H,4-6,11H2,1-3H3. The van der Waals surface area contributed by atoms with Crippen molar-refractivity contribution in [1.29, 1.82) is 0 Å². The highest BCUT2D eigenvalue weighted by molar-refractivity contribution is 4.91. The number of hydrogen-bond acceptors (Lipinski definition) is 6. The van der Waals surface area contributed by atoms with Crippen molar-refractivity contribution in [1.82, 2.24) is 10.1 Å². The van der Waals surface area contributed by atoms with E-state index >= 15 is 0 Å². The average Bonchev–Trinajstić information content (AvgIpc) is 2.67. The third kappa shape index (κ3) is 3.55. The average molecular weight is 229 g/mol. The summed E-state index contributed by atoms with van der Waals surface area (Å²) in [5.74, 6) is 1.30. The minimum atomic E-state index is -0.146. The smallest absolute Gasteiger partial charge is 0.252 e. The zero-order chi connectivity index (χ0) is 12.0. The molecule has 16 heavy (non-hydrogen) atoms. The van der Waals surface area contributed by atoms with Gasteiger partial charge in [-0.25, -0.2) is 0 Å². The minimum Gasteiger partial charge on any atom is -0.373 e. The highest BCUT2D eigenvalue weighted by atomic mass is 16.5. The molecule has 0 aliphatic rings. The fourth-order valence-corrected chi connectivity index (χ4v) is 1.36. The number of nitrogens with two attached hydrogens (primary N) is 1. The van der Waals surface area contributed by atoms with Crippen LogP contribution in [-0.2, 0) is 16.1 Å². The van der Waals surface area contributed by atoms with Crippen LogP contribution in [0.4, 0.5) is 0 Å². The van der Waals surface area contributed by atoms with E-state index < -0.39 is 0 Å². The summed E-state index contributed by atoms with van der Waals surface area (Å²) in [5, 5.41) is 3.86. The Bertz CT molecular complexity index is 301. The largest absolute Gasteiger partial charge is 0.373 e. The van der Waals surface area contributed by atoms with Crippen LogP contribution >= 0.6 is 0 Å². The molecule has 0 saturated heterocycles. The number of hydrogen-bond donors (Lipinski definition) is 1. The van der Waals surface area contributed by atoms with E-state index in [-0.39, 0.29) is 6.10 Å². The predicted molar refractivity (Wildman–Crippen MR) is 57.6 cm³/mol.